The average molecular weight is 197 g/mol. The summed E-state index contributed by atoms with van der Waals surface area (Å²) in [7, 11) is 0. The molecule has 0 aromatic rings. The molecular formula is C7H10Cl2O2. The van der Waals surface area contributed by atoms with Crippen LogP contribution >= 0.6 is 23.2 Å². The van der Waals surface area contributed by atoms with E-state index in [1.165, 1.54) is 0 Å². The van der Waals surface area contributed by atoms with Gasteiger partial charge in [0.05, 0.1) is 13.2 Å². The molecule has 2 rings (SSSR count). The smallest absolute Gasteiger partial charge is 0.154 e. The molecule has 11 heavy (non-hydrogen) atoms. The summed E-state index contributed by atoms with van der Waals surface area (Å²) >= 11 is 11.9. The second-order valence-corrected chi connectivity index (χ2v) is 4.57. The highest BCUT2D eigenvalue weighted by Gasteiger charge is 2.64. The Hall–Kier alpha value is 0.500. The lowest BCUT2D eigenvalue weighted by atomic mass is 10.3. The van der Waals surface area contributed by atoms with Crippen LogP contribution in [0.25, 0.3) is 0 Å². The summed E-state index contributed by atoms with van der Waals surface area (Å²) in [6.07, 6.45) is -0.105. The molecule has 2 unspecified atom stereocenters. The van der Waals surface area contributed by atoms with Gasteiger partial charge in [-0.2, -0.15) is 0 Å². The van der Waals surface area contributed by atoms with Crippen molar-refractivity contribution in [1.29, 1.82) is 0 Å². The Labute approximate surface area is 75.8 Å². The topological polar surface area (TPSA) is 18.5 Å². The van der Waals surface area contributed by atoms with Crippen molar-refractivity contribution < 1.29 is 9.47 Å². The molecule has 1 saturated carbocycles. The fourth-order valence-corrected chi connectivity index (χ4v) is 2.18. The predicted octanol–water partition coefficient (Wildman–Crippen LogP) is 1.80. The fraction of sp³-hybridized carbons (Fsp3) is 1.00. The van der Waals surface area contributed by atoms with Gasteiger partial charge >= 0.3 is 0 Å². The van der Waals surface area contributed by atoms with Crippen molar-refractivity contribution in [2.75, 3.05) is 13.2 Å². The van der Waals surface area contributed by atoms with Crippen molar-refractivity contribution in [2.24, 2.45) is 11.8 Å². The van der Waals surface area contributed by atoms with Crippen LogP contribution in [0.1, 0.15) is 6.92 Å². The molecule has 2 aliphatic rings. The molecule has 2 nitrogen and oxygen atoms in total. The molecule has 1 saturated heterocycles. The van der Waals surface area contributed by atoms with Crippen LogP contribution in [0, 0.1) is 11.8 Å². The van der Waals surface area contributed by atoms with E-state index in [9.17, 15) is 0 Å². The maximum absolute atomic E-state index is 5.94. The Balaban J connectivity index is 1.98. The number of hydrogen-bond donors (Lipinski definition) is 0. The molecule has 4 heteroatoms. The Morgan fingerprint density at radius 1 is 1.18 bits per heavy atom. The monoisotopic (exact) mass is 196 g/mol. The first-order valence-corrected chi connectivity index (χ1v) is 4.49. The van der Waals surface area contributed by atoms with Crippen LogP contribution in [-0.4, -0.2) is 23.8 Å². The number of halogens is 2. The van der Waals surface area contributed by atoms with E-state index in [-0.39, 0.29) is 18.1 Å². The number of alkyl halides is 2. The SMILES string of the molecule is CC1OCC2C(CO1)C2(Cl)Cl. The molecule has 2 fully saturated rings. The van der Waals surface area contributed by atoms with Gasteiger partial charge in [0.2, 0.25) is 0 Å². The van der Waals surface area contributed by atoms with Gasteiger partial charge in [-0.3, -0.25) is 0 Å². The maximum Gasteiger partial charge on any atom is 0.154 e. The van der Waals surface area contributed by atoms with E-state index in [0.29, 0.717) is 13.2 Å². The zero-order valence-electron chi connectivity index (χ0n) is 6.22. The molecular weight excluding hydrogens is 187 g/mol. The molecule has 2 atom stereocenters. The highest BCUT2D eigenvalue weighted by Crippen LogP contribution is 2.60. The molecule has 1 aliphatic heterocycles. The van der Waals surface area contributed by atoms with Crippen molar-refractivity contribution in [3.8, 4) is 0 Å². The van der Waals surface area contributed by atoms with E-state index in [2.05, 4.69) is 0 Å². The minimum Gasteiger partial charge on any atom is -0.353 e. The quantitative estimate of drug-likeness (QED) is 0.551. The molecule has 1 aliphatic carbocycles. The van der Waals surface area contributed by atoms with Gasteiger partial charge in [-0.15, -0.1) is 23.2 Å². The van der Waals surface area contributed by atoms with E-state index >= 15 is 0 Å². The Bertz CT molecular complexity index is 156. The summed E-state index contributed by atoms with van der Waals surface area (Å²) < 4.78 is 10.0. The summed E-state index contributed by atoms with van der Waals surface area (Å²) in [6.45, 7) is 3.13. The van der Waals surface area contributed by atoms with Gasteiger partial charge in [0.15, 0.2) is 6.29 Å². The summed E-state index contributed by atoms with van der Waals surface area (Å²) in [5.74, 6) is 0.548. The van der Waals surface area contributed by atoms with Gasteiger partial charge < -0.3 is 9.47 Å². The fourth-order valence-electron chi connectivity index (χ4n) is 1.44. The zero-order chi connectivity index (χ0) is 8.06. The number of fused-ring (bicyclic) bond motifs is 1. The first-order valence-electron chi connectivity index (χ1n) is 3.73. The van der Waals surface area contributed by atoms with Crippen LogP contribution < -0.4 is 0 Å². The van der Waals surface area contributed by atoms with Crippen molar-refractivity contribution >= 4 is 23.2 Å². The predicted molar refractivity (Wildman–Crippen MR) is 42.8 cm³/mol. The summed E-state index contributed by atoms with van der Waals surface area (Å²) in [4.78, 5) is 0. The Morgan fingerprint density at radius 3 is 2.09 bits per heavy atom. The molecule has 64 valence electrons. The van der Waals surface area contributed by atoms with Gasteiger partial charge in [0, 0.05) is 11.8 Å². The van der Waals surface area contributed by atoms with Crippen LogP contribution in [0.3, 0.4) is 0 Å². The highest BCUT2D eigenvalue weighted by atomic mass is 35.5. The van der Waals surface area contributed by atoms with Crippen molar-refractivity contribution in [3.05, 3.63) is 0 Å². The Kier molecular flexibility index (Phi) is 1.84. The molecule has 0 aromatic carbocycles. The second kappa shape index (κ2) is 2.49. The third kappa shape index (κ3) is 1.26. The van der Waals surface area contributed by atoms with Gasteiger partial charge in [0.1, 0.15) is 4.33 Å². The van der Waals surface area contributed by atoms with E-state index in [1.54, 1.807) is 0 Å². The zero-order valence-corrected chi connectivity index (χ0v) is 7.73. The standard InChI is InChI=1S/C7H10Cl2O2/c1-4-10-2-5-6(3-11-4)7(5,8)9/h4-6H,2-3H2,1H3. The van der Waals surface area contributed by atoms with Gasteiger partial charge in [-0.25, -0.2) is 0 Å². The van der Waals surface area contributed by atoms with Crippen LogP contribution in [0.15, 0.2) is 0 Å². The lowest BCUT2D eigenvalue weighted by Gasteiger charge is -2.12. The van der Waals surface area contributed by atoms with Crippen LogP contribution in [0.2, 0.25) is 0 Å². The first kappa shape index (κ1) is 8.11. The number of ether oxygens (including phenoxy) is 2. The molecule has 0 amide bonds. The Morgan fingerprint density at radius 2 is 1.64 bits per heavy atom. The van der Waals surface area contributed by atoms with Crippen molar-refractivity contribution in [2.45, 2.75) is 17.5 Å². The van der Waals surface area contributed by atoms with Crippen LogP contribution in [0.5, 0.6) is 0 Å². The van der Waals surface area contributed by atoms with Crippen LogP contribution in [-0.2, 0) is 9.47 Å². The average Bonchev–Trinajstić information content (AvgIpc) is 2.51. The highest BCUT2D eigenvalue weighted by molar-refractivity contribution is 6.51. The van der Waals surface area contributed by atoms with E-state index < -0.39 is 4.33 Å². The lowest BCUT2D eigenvalue weighted by Crippen LogP contribution is -2.15. The third-order valence-electron chi connectivity index (χ3n) is 2.39. The lowest BCUT2D eigenvalue weighted by molar-refractivity contribution is -0.121. The second-order valence-electron chi connectivity index (χ2n) is 3.12. The van der Waals surface area contributed by atoms with Crippen LogP contribution in [0.4, 0.5) is 0 Å². The molecule has 0 bridgehead atoms. The molecule has 1 heterocycles. The molecule has 0 spiro atoms. The summed E-state index contributed by atoms with van der Waals surface area (Å²) in [5.41, 5.74) is 0. The molecule has 0 aromatic heterocycles. The number of rotatable bonds is 0. The normalized spacial score (nSPS) is 47.7. The largest absolute Gasteiger partial charge is 0.353 e. The van der Waals surface area contributed by atoms with E-state index in [0.717, 1.165) is 0 Å². The minimum absolute atomic E-state index is 0.105. The van der Waals surface area contributed by atoms with Gasteiger partial charge in [0.25, 0.3) is 0 Å². The molecule has 0 N–H and O–H groups in total. The van der Waals surface area contributed by atoms with Crippen molar-refractivity contribution in [1.82, 2.24) is 0 Å². The number of hydrogen-bond acceptors (Lipinski definition) is 2. The first-order chi connectivity index (χ1) is 5.12. The maximum atomic E-state index is 5.94. The molecule has 0 radical (unpaired) electrons. The van der Waals surface area contributed by atoms with Crippen molar-refractivity contribution in [3.63, 3.8) is 0 Å². The van der Waals surface area contributed by atoms with Gasteiger partial charge in [-0.05, 0) is 6.92 Å². The van der Waals surface area contributed by atoms with E-state index in [1.807, 2.05) is 6.92 Å². The van der Waals surface area contributed by atoms with Gasteiger partial charge in [-0.1, -0.05) is 0 Å². The van der Waals surface area contributed by atoms with E-state index in [4.69, 9.17) is 32.7 Å². The third-order valence-corrected chi connectivity index (χ3v) is 3.51. The summed E-state index contributed by atoms with van der Waals surface area (Å²) in [6, 6.07) is 0. The minimum atomic E-state index is -0.583. The summed E-state index contributed by atoms with van der Waals surface area (Å²) in [5, 5.41) is 0.